The van der Waals surface area contributed by atoms with Crippen molar-refractivity contribution in [1.29, 1.82) is 0 Å². The number of carbonyl (C=O) groups is 1. The Morgan fingerprint density at radius 1 is 0.912 bits per heavy atom. The van der Waals surface area contributed by atoms with Gasteiger partial charge in [-0.3, -0.25) is 4.79 Å². The third-order valence-corrected chi connectivity index (χ3v) is 6.39. The summed E-state index contributed by atoms with van der Waals surface area (Å²) in [6.45, 7) is 0. The van der Waals surface area contributed by atoms with Gasteiger partial charge in [0.1, 0.15) is 21.2 Å². The first kappa shape index (κ1) is 21.5. The average Bonchev–Trinajstić information content (AvgIpc) is 3.21. The zero-order valence-corrected chi connectivity index (χ0v) is 19.1. The third kappa shape index (κ3) is 4.29. The first-order valence-electron chi connectivity index (χ1n) is 10.6. The van der Waals surface area contributed by atoms with Crippen molar-refractivity contribution < 1.29 is 14.3 Å². The second-order valence-electron chi connectivity index (χ2n) is 7.49. The maximum atomic E-state index is 13.2. The highest BCUT2D eigenvalue weighted by Crippen LogP contribution is 2.36. The van der Waals surface area contributed by atoms with Crippen LogP contribution in [0.2, 0.25) is 0 Å². The second-order valence-corrected chi connectivity index (χ2v) is 8.49. The number of rotatable bonds is 6. The standard InChI is InChI=1S/C27H21N3O3S/c1-32-19-11-7-8-17(16-19)21-15-14-20-24(28)25(34-27(20)30-21)26(31)29-22-12-5-6-13-23(22)33-18-9-3-2-4-10-18/h2-16H,28H2,1H3,(H,29,31). The van der Waals surface area contributed by atoms with Gasteiger partial charge in [0, 0.05) is 10.9 Å². The molecular weight excluding hydrogens is 446 g/mol. The number of carbonyl (C=O) groups excluding carboxylic acids is 1. The predicted molar refractivity (Wildman–Crippen MR) is 137 cm³/mol. The molecule has 5 aromatic rings. The molecule has 0 unspecified atom stereocenters. The number of pyridine rings is 1. The SMILES string of the molecule is COc1cccc(-c2ccc3c(N)c(C(=O)Nc4ccccc4Oc4ccccc4)sc3n2)c1. The molecule has 168 valence electrons. The molecule has 7 heteroatoms. The quantitative estimate of drug-likeness (QED) is 0.294. The van der Waals surface area contributed by atoms with E-state index in [1.807, 2.05) is 78.9 Å². The molecule has 0 spiro atoms. The number of hydrogen-bond acceptors (Lipinski definition) is 6. The van der Waals surface area contributed by atoms with Crippen LogP contribution in [-0.4, -0.2) is 18.0 Å². The third-order valence-electron chi connectivity index (χ3n) is 5.27. The van der Waals surface area contributed by atoms with E-state index in [9.17, 15) is 4.79 Å². The van der Waals surface area contributed by atoms with Gasteiger partial charge in [-0.1, -0.05) is 42.5 Å². The Labute approximate surface area is 200 Å². The molecule has 0 aliphatic heterocycles. The lowest BCUT2D eigenvalue weighted by Crippen LogP contribution is -2.12. The number of para-hydroxylation sites is 3. The summed E-state index contributed by atoms with van der Waals surface area (Å²) >= 11 is 1.26. The fourth-order valence-corrected chi connectivity index (χ4v) is 4.55. The molecule has 0 fully saturated rings. The summed E-state index contributed by atoms with van der Waals surface area (Å²) in [5.41, 5.74) is 9.01. The normalized spacial score (nSPS) is 10.7. The van der Waals surface area contributed by atoms with Crippen LogP contribution in [0, 0.1) is 0 Å². The molecule has 0 bridgehead atoms. The van der Waals surface area contributed by atoms with Gasteiger partial charge >= 0.3 is 0 Å². The monoisotopic (exact) mass is 467 g/mol. The van der Waals surface area contributed by atoms with Crippen molar-refractivity contribution in [2.45, 2.75) is 0 Å². The van der Waals surface area contributed by atoms with Crippen LogP contribution in [0.1, 0.15) is 9.67 Å². The summed E-state index contributed by atoms with van der Waals surface area (Å²) in [5.74, 6) is 1.66. The molecule has 34 heavy (non-hydrogen) atoms. The first-order valence-corrected chi connectivity index (χ1v) is 11.4. The van der Waals surface area contributed by atoms with Crippen molar-refractivity contribution in [2.24, 2.45) is 0 Å². The van der Waals surface area contributed by atoms with Gasteiger partial charge in [0.25, 0.3) is 5.91 Å². The topological polar surface area (TPSA) is 86.5 Å². The van der Waals surface area contributed by atoms with Gasteiger partial charge in [-0.05, 0) is 48.5 Å². The molecule has 2 heterocycles. The van der Waals surface area contributed by atoms with Crippen LogP contribution in [0.5, 0.6) is 17.2 Å². The Balaban J connectivity index is 1.43. The van der Waals surface area contributed by atoms with E-state index in [1.165, 1.54) is 11.3 Å². The highest BCUT2D eigenvalue weighted by atomic mass is 32.1. The molecule has 1 amide bonds. The number of benzene rings is 3. The first-order chi connectivity index (χ1) is 16.6. The van der Waals surface area contributed by atoms with E-state index in [1.54, 1.807) is 19.2 Å². The number of anilines is 2. The van der Waals surface area contributed by atoms with Crippen LogP contribution in [0.25, 0.3) is 21.5 Å². The molecule has 6 nitrogen and oxygen atoms in total. The van der Waals surface area contributed by atoms with Crippen molar-refractivity contribution in [3.8, 4) is 28.5 Å². The minimum Gasteiger partial charge on any atom is -0.497 e. The molecule has 0 aliphatic rings. The van der Waals surface area contributed by atoms with Crippen molar-refractivity contribution in [3.05, 3.63) is 95.9 Å². The lowest BCUT2D eigenvalue weighted by atomic mass is 10.1. The molecule has 2 aromatic heterocycles. The van der Waals surface area contributed by atoms with Crippen molar-refractivity contribution >= 4 is 38.8 Å². The Morgan fingerprint density at radius 3 is 2.50 bits per heavy atom. The van der Waals surface area contributed by atoms with Gasteiger partial charge < -0.3 is 20.5 Å². The number of nitrogen functional groups attached to an aromatic ring is 1. The molecule has 0 atom stereocenters. The number of methoxy groups -OCH3 is 1. The van der Waals surface area contributed by atoms with E-state index >= 15 is 0 Å². The van der Waals surface area contributed by atoms with E-state index in [-0.39, 0.29) is 5.91 Å². The Morgan fingerprint density at radius 2 is 1.68 bits per heavy atom. The van der Waals surface area contributed by atoms with E-state index < -0.39 is 0 Å². The van der Waals surface area contributed by atoms with Gasteiger partial charge in [0.15, 0.2) is 5.75 Å². The zero-order chi connectivity index (χ0) is 23.5. The van der Waals surface area contributed by atoms with Crippen LogP contribution in [0.4, 0.5) is 11.4 Å². The summed E-state index contributed by atoms with van der Waals surface area (Å²) in [4.78, 5) is 19.0. The molecule has 3 N–H and O–H groups in total. The number of nitrogens with two attached hydrogens (primary N) is 1. The molecule has 3 aromatic carbocycles. The highest BCUT2D eigenvalue weighted by molar-refractivity contribution is 7.21. The van der Waals surface area contributed by atoms with Gasteiger partial charge in [-0.15, -0.1) is 11.3 Å². The molecule has 0 saturated carbocycles. The minimum atomic E-state index is -0.312. The fraction of sp³-hybridized carbons (Fsp3) is 0.0370. The van der Waals surface area contributed by atoms with E-state index in [0.29, 0.717) is 32.6 Å². The van der Waals surface area contributed by atoms with Gasteiger partial charge in [0.05, 0.1) is 24.2 Å². The maximum Gasteiger partial charge on any atom is 0.268 e. The van der Waals surface area contributed by atoms with Gasteiger partial charge in [0.2, 0.25) is 0 Å². The van der Waals surface area contributed by atoms with Crippen molar-refractivity contribution in [2.75, 3.05) is 18.2 Å². The maximum absolute atomic E-state index is 13.2. The molecule has 0 aliphatic carbocycles. The lowest BCUT2D eigenvalue weighted by molar-refractivity contribution is 0.103. The molecular formula is C27H21N3O3S. The Bertz CT molecular complexity index is 1480. The molecule has 0 radical (unpaired) electrons. The van der Waals surface area contributed by atoms with E-state index in [0.717, 1.165) is 22.4 Å². The molecule has 0 saturated heterocycles. The van der Waals surface area contributed by atoms with Crippen molar-refractivity contribution in [3.63, 3.8) is 0 Å². The number of nitrogens with one attached hydrogen (secondary N) is 1. The van der Waals surface area contributed by atoms with Gasteiger partial charge in [-0.25, -0.2) is 4.98 Å². The van der Waals surface area contributed by atoms with Crippen LogP contribution < -0.4 is 20.5 Å². The van der Waals surface area contributed by atoms with Crippen molar-refractivity contribution in [1.82, 2.24) is 4.98 Å². The summed E-state index contributed by atoms with van der Waals surface area (Å²) in [7, 11) is 1.63. The van der Waals surface area contributed by atoms with Crippen LogP contribution in [0.3, 0.4) is 0 Å². The predicted octanol–water partition coefficient (Wildman–Crippen LogP) is 6.60. The van der Waals surface area contributed by atoms with Gasteiger partial charge in [-0.2, -0.15) is 0 Å². The smallest absolute Gasteiger partial charge is 0.268 e. The summed E-state index contributed by atoms with van der Waals surface area (Å²) in [5, 5.41) is 3.68. The average molecular weight is 468 g/mol. The lowest BCUT2D eigenvalue weighted by Gasteiger charge is -2.12. The second kappa shape index (κ2) is 9.25. The highest BCUT2D eigenvalue weighted by Gasteiger charge is 2.19. The van der Waals surface area contributed by atoms with E-state index in [2.05, 4.69) is 5.32 Å². The number of nitrogens with zero attached hydrogens (tertiary/aromatic N) is 1. The number of amides is 1. The summed E-state index contributed by atoms with van der Waals surface area (Å²) < 4.78 is 11.3. The number of hydrogen-bond donors (Lipinski definition) is 2. The number of aromatic nitrogens is 1. The number of ether oxygens (including phenoxy) is 2. The number of fused-ring (bicyclic) bond motifs is 1. The van der Waals surface area contributed by atoms with E-state index in [4.69, 9.17) is 20.2 Å². The summed E-state index contributed by atoms with van der Waals surface area (Å²) in [6.07, 6.45) is 0. The molecule has 5 rings (SSSR count). The number of thiophene rings is 1. The van der Waals surface area contributed by atoms with Crippen LogP contribution in [0.15, 0.2) is 91.0 Å². The Kier molecular flexibility index (Phi) is 5.84. The zero-order valence-electron chi connectivity index (χ0n) is 18.3. The Hall–Kier alpha value is -4.36. The fourth-order valence-electron chi connectivity index (χ4n) is 3.56. The van der Waals surface area contributed by atoms with Crippen LogP contribution in [-0.2, 0) is 0 Å². The summed E-state index contributed by atoms with van der Waals surface area (Å²) in [6, 6.07) is 28.2. The minimum absolute atomic E-state index is 0.312. The largest absolute Gasteiger partial charge is 0.497 e. The van der Waals surface area contributed by atoms with Crippen LogP contribution >= 0.6 is 11.3 Å².